The highest BCUT2D eigenvalue weighted by atomic mass is 16.2. The molecule has 0 radical (unpaired) electrons. The second-order valence-electron chi connectivity index (χ2n) is 6.19. The van der Waals surface area contributed by atoms with Crippen molar-refractivity contribution in [3.8, 4) is 0 Å². The highest BCUT2D eigenvalue weighted by molar-refractivity contribution is 5.87. The second kappa shape index (κ2) is 6.58. The maximum absolute atomic E-state index is 12.1. The Morgan fingerprint density at radius 2 is 1.67 bits per heavy atom. The molecule has 0 aromatic heterocycles. The first kappa shape index (κ1) is 17.0. The van der Waals surface area contributed by atoms with E-state index in [-0.39, 0.29) is 17.4 Å². The molecule has 3 amide bonds. The van der Waals surface area contributed by atoms with Crippen LogP contribution in [0.4, 0.5) is 10.5 Å². The van der Waals surface area contributed by atoms with Crippen molar-refractivity contribution in [3.63, 3.8) is 0 Å². The number of nitrogens with two attached hydrogens (primary N) is 2. The summed E-state index contributed by atoms with van der Waals surface area (Å²) in [5.41, 5.74) is 12.2. The Labute approximate surface area is 125 Å². The highest BCUT2D eigenvalue weighted by Gasteiger charge is 2.28. The topological polar surface area (TPSA) is 110 Å². The van der Waals surface area contributed by atoms with E-state index in [9.17, 15) is 9.59 Å². The maximum atomic E-state index is 12.1. The van der Waals surface area contributed by atoms with Gasteiger partial charge in [0.25, 0.3) is 0 Å². The molecule has 0 saturated heterocycles. The number of nitrogens with one attached hydrogen (secondary N) is 2. The van der Waals surface area contributed by atoms with Crippen LogP contribution in [-0.4, -0.2) is 18.0 Å². The number of carbonyl (C=O) groups excluding carboxylic acids is 2. The number of amides is 3. The summed E-state index contributed by atoms with van der Waals surface area (Å²) in [6.45, 7) is 7.65. The molecule has 6 heteroatoms. The summed E-state index contributed by atoms with van der Waals surface area (Å²) in [6, 6.07) is 5.74. The van der Waals surface area contributed by atoms with E-state index < -0.39 is 12.1 Å². The smallest absolute Gasteiger partial charge is 0.316 e. The van der Waals surface area contributed by atoms with Crippen LogP contribution in [0.3, 0.4) is 0 Å². The van der Waals surface area contributed by atoms with Crippen molar-refractivity contribution in [2.45, 2.75) is 39.8 Å². The van der Waals surface area contributed by atoms with Gasteiger partial charge in [0, 0.05) is 5.69 Å². The Morgan fingerprint density at radius 3 is 2.10 bits per heavy atom. The molecule has 0 spiro atoms. The third-order valence-electron chi connectivity index (χ3n) is 3.25. The zero-order chi connectivity index (χ0) is 16.2. The summed E-state index contributed by atoms with van der Waals surface area (Å²) in [6.07, 6.45) is 0. The lowest BCUT2D eigenvalue weighted by molar-refractivity contribution is -0.125. The van der Waals surface area contributed by atoms with Crippen molar-refractivity contribution in [1.82, 2.24) is 5.32 Å². The van der Waals surface area contributed by atoms with E-state index >= 15 is 0 Å². The van der Waals surface area contributed by atoms with Gasteiger partial charge in [0.2, 0.25) is 5.91 Å². The molecule has 1 aromatic carbocycles. The van der Waals surface area contributed by atoms with Crippen LogP contribution in [0.25, 0.3) is 0 Å². The number of carbonyl (C=O) groups is 2. The zero-order valence-electron chi connectivity index (χ0n) is 12.9. The number of benzene rings is 1. The summed E-state index contributed by atoms with van der Waals surface area (Å²) in [5, 5.41) is 5.37. The van der Waals surface area contributed by atoms with E-state index in [0.717, 1.165) is 5.56 Å². The Morgan fingerprint density at radius 1 is 1.14 bits per heavy atom. The van der Waals surface area contributed by atoms with Crippen LogP contribution in [0.2, 0.25) is 0 Å². The first-order valence-corrected chi connectivity index (χ1v) is 6.83. The van der Waals surface area contributed by atoms with Crippen molar-refractivity contribution >= 4 is 17.6 Å². The minimum absolute atomic E-state index is 0.173. The van der Waals surface area contributed by atoms with Crippen LogP contribution >= 0.6 is 0 Å². The van der Waals surface area contributed by atoms with Gasteiger partial charge in [-0.05, 0) is 30.0 Å². The molecule has 0 bridgehead atoms. The number of primary amides is 1. The molecule has 0 aliphatic heterocycles. The van der Waals surface area contributed by atoms with E-state index in [4.69, 9.17) is 11.5 Å². The Bertz CT molecular complexity index is 505. The number of anilines is 1. The molecular weight excluding hydrogens is 268 g/mol. The third kappa shape index (κ3) is 5.07. The van der Waals surface area contributed by atoms with Gasteiger partial charge in [0.15, 0.2) is 0 Å². The van der Waals surface area contributed by atoms with Gasteiger partial charge >= 0.3 is 6.03 Å². The number of hydrogen-bond donors (Lipinski definition) is 4. The quantitative estimate of drug-likeness (QED) is 0.678. The fourth-order valence-corrected chi connectivity index (χ4v) is 1.78. The van der Waals surface area contributed by atoms with Gasteiger partial charge in [0.1, 0.15) is 0 Å². The van der Waals surface area contributed by atoms with Crippen LogP contribution in [0, 0.1) is 5.41 Å². The van der Waals surface area contributed by atoms with Gasteiger partial charge in [-0.25, -0.2) is 4.79 Å². The largest absolute Gasteiger partial charge is 0.351 e. The van der Waals surface area contributed by atoms with Gasteiger partial charge in [-0.2, -0.15) is 0 Å². The molecule has 0 aliphatic rings. The summed E-state index contributed by atoms with van der Waals surface area (Å²) >= 11 is 0. The van der Waals surface area contributed by atoms with Gasteiger partial charge in [-0.1, -0.05) is 32.9 Å². The lowest BCUT2D eigenvalue weighted by Crippen LogP contribution is -2.49. The first-order chi connectivity index (χ1) is 9.61. The second-order valence-corrected chi connectivity index (χ2v) is 6.19. The normalized spacial score (nSPS) is 14.1. The maximum Gasteiger partial charge on any atom is 0.316 e. The van der Waals surface area contributed by atoms with Crippen LogP contribution < -0.4 is 22.1 Å². The molecule has 116 valence electrons. The molecule has 6 nitrogen and oxygen atoms in total. The SMILES string of the molecule is CC(NC(=O)[C@@H](N)C(C)(C)C)c1ccc(NC(N)=O)cc1. The Kier molecular flexibility index (Phi) is 5.32. The summed E-state index contributed by atoms with van der Waals surface area (Å²) < 4.78 is 0. The standard InChI is InChI=1S/C15H24N4O2/c1-9(18-13(20)12(16)15(2,3)4)10-5-7-11(8-6-10)19-14(17)21/h5-9,12H,16H2,1-4H3,(H,18,20)(H3,17,19,21)/t9?,12-/m1/s1. The van der Waals surface area contributed by atoms with Crippen LogP contribution in [-0.2, 0) is 4.79 Å². The van der Waals surface area contributed by atoms with Crippen molar-refractivity contribution in [2.24, 2.45) is 16.9 Å². The van der Waals surface area contributed by atoms with Crippen LogP contribution in [0.1, 0.15) is 39.3 Å². The number of hydrogen-bond acceptors (Lipinski definition) is 3. The Hall–Kier alpha value is -2.08. The van der Waals surface area contributed by atoms with E-state index in [1.54, 1.807) is 12.1 Å². The van der Waals surface area contributed by atoms with Crippen molar-refractivity contribution in [2.75, 3.05) is 5.32 Å². The molecule has 1 unspecified atom stereocenters. The van der Waals surface area contributed by atoms with Gasteiger partial charge in [-0.3, -0.25) is 4.79 Å². The molecule has 1 rings (SSSR count). The fraction of sp³-hybridized carbons (Fsp3) is 0.467. The first-order valence-electron chi connectivity index (χ1n) is 6.83. The minimum atomic E-state index is -0.611. The molecule has 21 heavy (non-hydrogen) atoms. The summed E-state index contributed by atoms with van der Waals surface area (Å²) in [7, 11) is 0. The minimum Gasteiger partial charge on any atom is -0.351 e. The van der Waals surface area contributed by atoms with Crippen molar-refractivity contribution in [1.29, 1.82) is 0 Å². The summed E-state index contributed by atoms with van der Waals surface area (Å²) in [5.74, 6) is -0.186. The molecule has 6 N–H and O–H groups in total. The lowest BCUT2D eigenvalue weighted by atomic mass is 9.86. The van der Waals surface area contributed by atoms with Gasteiger partial charge in [-0.15, -0.1) is 0 Å². The van der Waals surface area contributed by atoms with Crippen LogP contribution in [0.5, 0.6) is 0 Å². The average Bonchev–Trinajstić information content (AvgIpc) is 2.36. The molecule has 2 atom stereocenters. The van der Waals surface area contributed by atoms with E-state index in [2.05, 4.69) is 10.6 Å². The number of rotatable bonds is 4. The molecular formula is C15H24N4O2. The molecule has 0 heterocycles. The van der Waals surface area contributed by atoms with E-state index in [1.165, 1.54) is 0 Å². The van der Waals surface area contributed by atoms with E-state index in [1.807, 2.05) is 39.8 Å². The highest BCUT2D eigenvalue weighted by Crippen LogP contribution is 2.20. The molecule has 0 saturated carbocycles. The van der Waals surface area contributed by atoms with Crippen molar-refractivity contribution < 1.29 is 9.59 Å². The molecule has 0 aliphatic carbocycles. The monoisotopic (exact) mass is 292 g/mol. The molecule has 1 aromatic rings. The zero-order valence-corrected chi connectivity index (χ0v) is 12.9. The predicted octanol–water partition coefficient (Wildman–Crippen LogP) is 1.73. The van der Waals surface area contributed by atoms with Crippen molar-refractivity contribution in [3.05, 3.63) is 29.8 Å². The third-order valence-corrected chi connectivity index (χ3v) is 3.25. The predicted molar refractivity (Wildman–Crippen MR) is 83.6 cm³/mol. The molecule has 0 fully saturated rings. The van der Waals surface area contributed by atoms with Gasteiger partial charge in [0.05, 0.1) is 12.1 Å². The lowest BCUT2D eigenvalue weighted by Gasteiger charge is -2.27. The fourth-order valence-electron chi connectivity index (χ4n) is 1.78. The number of urea groups is 1. The summed E-state index contributed by atoms with van der Waals surface area (Å²) in [4.78, 5) is 22.8. The van der Waals surface area contributed by atoms with Gasteiger partial charge < -0.3 is 22.1 Å². The Balaban J connectivity index is 2.69. The van der Waals surface area contributed by atoms with E-state index in [0.29, 0.717) is 5.69 Å². The van der Waals surface area contributed by atoms with Crippen LogP contribution in [0.15, 0.2) is 24.3 Å². The average molecular weight is 292 g/mol.